The molecular formula is C15H21NO2. The van der Waals surface area contributed by atoms with Crippen molar-refractivity contribution in [1.82, 2.24) is 5.32 Å². The molecule has 0 saturated heterocycles. The van der Waals surface area contributed by atoms with Crippen LogP contribution in [0.25, 0.3) is 11.0 Å². The summed E-state index contributed by atoms with van der Waals surface area (Å²) in [6, 6.07) is 4.29. The summed E-state index contributed by atoms with van der Waals surface area (Å²) in [4.78, 5) is 0. The molecule has 1 aromatic heterocycles. The van der Waals surface area contributed by atoms with Crippen molar-refractivity contribution < 1.29 is 9.15 Å². The second-order valence-corrected chi connectivity index (χ2v) is 4.42. The minimum absolute atomic E-state index is 0.752. The summed E-state index contributed by atoms with van der Waals surface area (Å²) in [5.41, 5.74) is 3.44. The average molecular weight is 247 g/mol. The molecule has 2 aromatic rings. The van der Waals surface area contributed by atoms with Crippen LogP contribution < -0.4 is 10.1 Å². The van der Waals surface area contributed by atoms with Gasteiger partial charge in [-0.15, -0.1) is 0 Å². The van der Waals surface area contributed by atoms with Gasteiger partial charge in [-0.2, -0.15) is 0 Å². The fourth-order valence-corrected chi connectivity index (χ4v) is 2.37. The zero-order valence-electron chi connectivity index (χ0n) is 11.6. The van der Waals surface area contributed by atoms with Crippen molar-refractivity contribution in [2.75, 3.05) is 14.2 Å². The van der Waals surface area contributed by atoms with Crippen molar-refractivity contribution >= 4 is 11.0 Å². The van der Waals surface area contributed by atoms with Gasteiger partial charge in [-0.1, -0.05) is 13.8 Å². The predicted octanol–water partition coefficient (Wildman–Crippen LogP) is 3.29. The first-order chi connectivity index (χ1) is 8.74. The summed E-state index contributed by atoms with van der Waals surface area (Å²) in [5, 5.41) is 4.34. The van der Waals surface area contributed by atoms with Crippen LogP contribution in [-0.4, -0.2) is 14.2 Å². The summed E-state index contributed by atoms with van der Waals surface area (Å²) >= 11 is 0. The Labute approximate surface area is 108 Å². The molecule has 1 N–H and O–H groups in total. The second-order valence-electron chi connectivity index (χ2n) is 4.42. The lowest BCUT2D eigenvalue weighted by atomic mass is 10.0. The smallest absolute Gasteiger partial charge is 0.176 e. The molecule has 0 aliphatic rings. The molecule has 0 aliphatic carbocycles. The average Bonchev–Trinajstić information content (AvgIpc) is 2.75. The van der Waals surface area contributed by atoms with Gasteiger partial charge in [-0.05, 0) is 37.6 Å². The van der Waals surface area contributed by atoms with Crippen LogP contribution in [0.4, 0.5) is 0 Å². The van der Waals surface area contributed by atoms with E-state index in [-0.39, 0.29) is 0 Å². The lowest BCUT2D eigenvalue weighted by molar-refractivity contribution is 0.406. The van der Waals surface area contributed by atoms with Crippen LogP contribution in [0.5, 0.6) is 5.75 Å². The molecular weight excluding hydrogens is 226 g/mol. The zero-order chi connectivity index (χ0) is 13.1. The minimum Gasteiger partial charge on any atom is -0.493 e. The molecule has 0 radical (unpaired) electrons. The molecule has 1 heterocycles. The van der Waals surface area contributed by atoms with E-state index in [0.717, 1.165) is 36.5 Å². The standard InChI is InChI=1S/C15H21NO2/c1-5-10-7-12-11(6-2)14(9-16-3)18-15(12)13(8-10)17-4/h7-8,16H,5-6,9H2,1-4H3. The third kappa shape index (κ3) is 2.10. The summed E-state index contributed by atoms with van der Waals surface area (Å²) < 4.78 is 11.4. The number of benzene rings is 1. The quantitative estimate of drug-likeness (QED) is 0.880. The molecule has 0 saturated carbocycles. The summed E-state index contributed by atoms with van der Waals surface area (Å²) in [7, 11) is 3.63. The maximum Gasteiger partial charge on any atom is 0.176 e. The molecule has 0 atom stereocenters. The van der Waals surface area contributed by atoms with Gasteiger partial charge >= 0.3 is 0 Å². The number of ether oxygens (including phenoxy) is 1. The second kappa shape index (κ2) is 5.44. The van der Waals surface area contributed by atoms with Gasteiger partial charge in [0.2, 0.25) is 0 Å². The van der Waals surface area contributed by atoms with Crippen molar-refractivity contribution in [3.05, 3.63) is 29.0 Å². The van der Waals surface area contributed by atoms with Gasteiger partial charge in [-0.25, -0.2) is 0 Å². The summed E-state index contributed by atoms with van der Waals surface area (Å²) in [6.45, 7) is 5.07. The molecule has 0 spiro atoms. The van der Waals surface area contributed by atoms with Crippen molar-refractivity contribution in [3.63, 3.8) is 0 Å². The Hall–Kier alpha value is -1.48. The number of hydrogen-bond donors (Lipinski definition) is 1. The van der Waals surface area contributed by atoms with Gasteiger partial charge < -0.3 is 14.5 Å². The molecule has 18 heavy (non-hydrogen) atoms. The van der Waals surface area contributed by atoms with Gasteiger partial charge in [0.1, 0.15) is 5.76 Å². The number of furan rings is 1. The monoisotopic (exact) mass is 247 g/mol. The first kappa shape index (κ1) is 13.0. The summed E-state index contributed by atoms with van der Waals surface area (Å²) in [5.74, 6) is 1.85. The van der Waals surface area contributed by atoms with Crippen molar-refractivity contribution in [3.8, 4) is 5.75 Å². The SMILES string of the molecule is CCc1cc(OC)c2oc(CNC)c(CC)c2c1. The molecule has 3 heteroatoms. The highest BCUT2D eigenvalue weighted by molar-refractivity contribution is 5.88. The van der Waals surface area contributed by atoms with Crippen LogP contribution in [0.3, 0.4) is 0 Å². The Bertz CT molecular complexity index is 543. The van der Waals surface area contributed by atoms with Gasteiger partial charge in [-0.3, -0.25) is 0 Å². The van der Waals surface area contributed by atoms with E-state index in [9.17, 15) is 0 Å². The predicted molar refractivity (Wildman–Crippen MR) is 74.3 cm³/mol. The number of methoxy groups -OCH3 is 1. The Kier molecular flexibility index (Phi) is 3.92. The van der Waals surface area contributed by atoms with E-state index in [0.29, 0.717) is 0 Å². The van der Waals surface area contributed by atoms with E-state index in [1.165, 1.54) is 16.5 Å². The fourth-order valence-electron chi connectivity index (χ4n) is 2.37. The summed E-state index contributed by atoms with van der Waals surface area (Å²) in [6.07, 6.45) is 1.97. The lowest BCUT2D eigenvalue weighted by Gasteiger charge is -2.04. The van der Waals surface area contributed by atoms with Gasteiger partial charge in [0.15, 0.2) is 11.3 Å². The number of nitrogens with one attached hydrogen (secondary N) is 1. The van der Waals surface area contributed by atoms with E-state index in [1.807, 2.05) is 7.05 Å². The molecule has 0 amide bonds. The van der Waals surface area contributed by atoms with Crippen LogP contribution in [0.1, 0.15) is 30.7 Å². The maximum atomic E-state index is 5.96. The van der Waals surface area contributed by atoms with E-state index in [4.69, 9.17) is 9.15 Å². The molecule has 0 bridgehead atoms. The molecule has 98 valence electrons. The van der Waals surface area contributed by atoms with Crippen LogP contribution in [0.15, 0.2) is 16.5 Å². The van der Waals surface area contributed by atoms with Crippen LogP contribution in [0, 0.1) is 0 Å². The minimum atomic E-state index is 0.752. The Morgan fingerprint density at radius 1 is 1.22 bits per heavy atom. The van der Waals surface area contributed by atoms with Crippen LogP contribution >= 0.6 is 0 Å². The normalized spacial score (nSPS) is 11.1. The van der Waals surface area contributed by atoms with Crippen molar-refractivity contribution in [2.45, 2.75) is 33.2 Å². The highest BCUT2D eigenvalue weighted by Crippen LogP contribution is 2.34. The highest BCUT2D eigenvalue weighted by atomic mass is 16.5. The first-order valence-corrected chi connectivity index (χ1v) is 6.50. The highest BCUT2D eigenvalue weighted by Gasteiger charge is 2.16. The number of rotatable bonds is 5. The van der Waals surface area contributed by atoms with Crippen LogP contribution in [-0.2, 0) is 19.4 Å². The van der Waals surface area contributed by atoms with Gasteiger partial charge in [0.25, 0.3) is 0 Å². The number of aryl methyl sites for hydroxylation is 2. The molecule has 3 nitrogen and oxygen atoms in total. The number of fused-ring (bicyclic) bond motifs is 1. The van der Waals surface area contributed by atoms with Crippen molar-refractivity contribution in [2.24, 2.45) is 0 Å². The Morgan fingerprint density at radius 2 is 2.00 bits per heavy atom. The zero-order valence-corrected chi connectivity index (χ0v) is 11.6. The Balaban J connectivity index is 2.70. The third-order valence-electron chi connectivity index (χ3n) is 3.32. The first-order valence-electron chi connectivity index (χ1n) is 6.50. The van der Waals surface area contributed by atoms with E-state index in [1.54, 1.807) is 7.11 Å². The molecule has 0 fully saturated rings. The molecule has 1 aromatic carbocycles. The lowest BCUT2D eigenvalue weighted by Crippen LogP contribution is -2.05. The van der Waals surface area contributed by atoms with E-state index < -0.39 is 0 Å². The fraction of sp³-hybridized carbons (Fsp3) is 0.467. The molecule has 0 unspecified atom stereocenters. The molecule has 0 aliphatic heterocycles. The van der Waals surface area contributed by atoms with Crippen molar-refractivity contribution in [1.29, 1.82) is 0 Å². The topological polar surface area (TPSA) is 34.4 Å². The number of hydrogen-bond acceptors (Lipinski definition) is 3. The maximum absolute atomic E-state index is 5.96. The van der Waals surface area contributed by atoms with Gasteiger partial charge in [0.05, 0.1) is 13.7 Å². The third-order valence-corrected chi connectivity index (χ3v) is 3.32. The Morgan fingerprint density at radius 3 is 2.56 bits per heavy atom. The largest absolute Gasteiger partial charge is 0.493 e. The van der Waals surface area contributed by atoms with E-state index >= 15 is 0 Å². The van der Waals surface area contributed by atoms with Gasteiger partial charge in [0, 0.05) is 10.9 Å². The van der Waals surface area contributed by atoms with Crippen LogP contribution in [0.2, 0.25) is 0 Å². The van der Waals surface area contributed by atoms with E-state index in [2.05, 4.69) is 31.3 Å². The molecule has 2 rings (SSSR count).